The van der Waals surface area contributed by atoms with Gasteiger partial charge in [0.15, 0.2) is 0 Å². The Morgan fingerprint density at radius 2 is 1.95 bits per heavy atom. The van der Waals surface area contributed by atoms with Crippen LogP contribution in [-0.4, -0.2) is 38.9 Å². The third-order valence-electron chi connectivity index (χ3n) is 3.73. The van der Waals surface area contributed by atoms with E-state index < -0.39 is 27.7 Å². The molecule has 1 saturated heterocycles. The van der Waals surface area contributed by atoms with Gasteiger partial charge in [0.25, 0.3) is 5.92 Å². The number of hydrogen-bond acceptors (Lipinski definition) is 2. The average molecular weight is 330 g/mol. The first-order valence-electron chi connectivity index (χ1n) is 7.50. The van der Waals surface area contributed by atoms with E-state index in [0.717, 1.165) is 5.56 Å². The second-order valence-electron chi connectivity index (χ2n) is 6.80. The van der Waals surface area contributed by atoms with E-state index in [1.54, 1.807) is 25.7 Å². The third kappa shape index (κ3) is 4.57. The second kappa shape index (κ2) is 6.72. The number of nitrogens with one attached hydrogen (secondary N) is 1. The SMILES string of the molecule is CC(C)(C)S(=O)NC1CCN(Cc2ccccc2)CC1(F)F. The van der Waals surface area contributed by atoms with Gasteiger partial charge < -0.3 is 0 Å². The highest BCUT2D eigenvalue weighted by molar-refractivity contribution is 7.84. The first-order valence-corrected chi connectivity index (χ1v) is 8.65. The fourth-order valence-electron chi connectivity index (χ4n) is 2.44. The lowest BCUT2D eigenvalue weighted by Crippen LogP contribution is -2.58. The van der Waals surface area contributed by atoms with Crippen LogP contribution in [0, 0.1) is 0 Å². The largest absolute Gasteiger partial charge is 0.293 e. The molecule has 1 heterocycles. The summed E-state index contributed by atoms with van der Waals surface area (Å²) in [7, 11) is -1.48. The van der Waals surface area contributed by atoms with Crippen LogP contribution in [0.1, 0.15) is 32.8 Å². The highest BCUT2D eigenvalue weighted by atomic mass is 32.2. The predicted molar refractivity (Wildman–Crippen MR) is 86.1 cm³/mol. The molecule has 1 N–H and O–H groups in total. The number of nitrogens with zero attached hydrogens (tertiary/aromatic N) is 1. The van der Waals surface area contributed by atoms with E-state index in [4.69, 9.17) is 0 Å². The summed E-state index contributed by atoms with van der Waals surface area (Å²) < 4.78 is 42.8. The Balaban J connectivity index is 1.96. The lowest BCUT2D eigenvalue weighted by Gasteiger charge is -2.39. The van der Waals surface area contributed by atoms with Crippen LogP contribution in [0.2, 0.25) is 0 Å². The molecule has 1 fully saturated rings. The second-order valence-corrected chi connectivity index (χ2v) is 8.80. The van der Waals surface area contributed by atoms with E-state index in [1.165, 1.54) is 0 Å². The smallest absolute Gasteiger partial charge is 0.276 e. The Hall–Kier alpha value is -0.850. The summed E-state index contributed by atoms with van der Waals surface area (Å²) in [6.07, 6.45) is 0.293. The molecule has 0 aliphatic carbocycles. The van der Waals surface area contributed by atoms with Crippen molar-refractivity contribution in [3.05, 3.63) is 35.9 Å². The van der Waals surface area contributed by atoms with Gasteiger partial charge in [-0.15, -0.1) is 0 Å². The molecule has 0 saturated carbocycles. The van der Waals surface area contributed by atoms with Gasteiger partial charge in [-0.3, -0.25) is 4.90 Å². The van der Waals surface area contributed by atoms with Crippen LogP contribution in [-0.2, 0) is 17.5 Å². The zero-order valence-corrected chi connectivity index (χ0v) is 14.1. The summed E-state index contributed by atoms with van der Waals surface area (Å²) >= 11 is 0. The van der Waals surface area contributed by atoms with Crippen molar-refractivity contribution < 1.29 is 13.0 Å². The molecule has 0 amide bonds. The van der Waals surface area contributed by atoms with Gasteiger partial charge in [-0.05, 0) is 32.8 Å². The van der Waals surface area contributed by atoms with Crippen molar-refractivity contribution in [3.63, 3.8) is 0 Å². The Labute approximate surface area is 133 Å². The lowest BCUT2D eigenvalue weighted by atomic mass is 10.0. The summed E-state index contributed by atoms with van der Waals surface area (Å²) in [6, 6.07) is 8.59. The van der Waals surface area contributed by atoms with Gasteiger partial charge in [-0.2, -0.15) is 0 Å². The molecule has 22 heavy (non-hydrogen) atoms. The number of hydrogen-bond donors (Lipinski definition) is 1. The van der Waals surface area contributed by atoms with E-state index in [0.29, 0.717) is 19.5 Å². The molecule has 0 spiro atoms. The highest BCUT2D eigenvalue weighted by Crippen LogP contribution is 2.29. The first-order chi connectivity index (χ1) is 10.2. The number of alkyl halides is 2. The van der Waals surface area contributed by atoms with Crippen LogP contribution in [0.25, 0.3) is 0 Å². The van der Waals surface area contributed by atoms with Gasteiger partial charge in [0.2, 0.25) is 0 Å². The summed E-state index contributed by atoms with van der Waals surface area (Å²) in [6.45, 7) is 6.12. The van der Waals surface area contributed by atoms with Crippen LogP contribution in [0.15, 0.2) is 30.3 Å². The minimum atomic E-state index is -2.88. The van der Waals surface area contributed by atoms with Crippen molar-refractivity contribution in [2.24, 2.45) is 0 Å². The van der Waals surface area contributed by atoms with E-state index in [9.17, 15) is 13.0 Å². The van der Waals surface area contributed by atoms with Gasteiger partial charge in [0.1, 0.15) is 0 Å². The molecular formula is C16H24F2N2OS. The molecule has 0 aromatic heterocycles. The minimum absolute atomic E-state index is 0.293. The minimum Gasteiger partial charge on any atom is -0.293 e. The number of benzene rings is 1. The van der Waals surface area contributed by atoms with E-state index >= 15 is 0 Å². The van der Waals surface area contributed by atoms with Crippen molar-refractivity contribution in [2.75, 3.05) is 13.1 Å². The average Bonchev–Trinajstić information content (AvgIpc) is 2.41. The lowest BCUT2D eigenvalue weighted by molar-refractivity contribution is -0.0860. The summed E-state index contributed by atoms with van der Waals surface area (Å²) in [4.78, 5) is 1.76. The monoisotopic (exact) mass is 330 g/mol. The first kappa shape index (κ1) is 17.5. The normalized spacial score (nSPS) is 24.1. The Morgan fingerprint density at radius 3 is 2.50 bits per heavy atom. The van der Waals surface area contributed by atoms with Crippen LogP contribution < -0.4 is 4.72 Å². The van der Waals surface area contributed by atoms with Crippen LogP contribution in [0.5, 0.6) is 0 Å². The molecule has 1 aliphatic rings. The van der Waals surface area contributed by atoms with Gasteiger partial charge >= 0.3 is 0 Å². The quantitative estimate of drug-likeness (QED) is 0.920. The van der Waals surface area contributed by atoms with Gasteiger partial charge in [0.05, 0.1) is 28.3 Å². The number of rotatable bonds is 4. The van der Waals surface area contributed by atoms with E-state index in [1.807, 2.05) is 30.3 Å². The molecule has 124 valence electrons. The maximum atomic E-state index is 14.3. The van der Waals surface area contributed by atoms with Gasteiger partial charge in [-0.1, -0.05) is 30.3 Å². The van der Waals surface area contributed by atoms with E-state index in [2.05, 4.69) is 4.72 Å². The summed E-state index contributed by atoms with van der Waals surface area (Å²) in [5.74, 6) is -2.88. The van der Waals surface area contributed by atoms with Crippen molar-refractivity contribution in [1.29, 1.82) is 0 Å². The Kier molecular flexibility index (Phi) is 5.35. The van der Waals surface area contributed by atoms with Crippen molar-refractivity contribution >= 4 is 11.0 Å². The third-order valence-corrected chi connectivity index (χ3v) is 5.34. The Morgan fingerprint density at radius 1 is 1.32 bits per heavy atom. The number of halogens is 2. The number of likely N-dealkylation sites (tertiary alicyclic amines) is 1. The van der Waals surface area contributed by atoms with Gasteiger partial charge in [-0.25, -0.2) is 17.7 Å². The van der Waals surface area contributed by atoms with Crippen LogP contribution >= 0.6 is 0 Å². The maximum absolute atomic E-state index is 14.3. The predicted octanol–water partition coefficient (Wildman–Crippen LogP) is 2.95. The number of piperidine rings is 1. The fraction of sp³-hybridized carbons (Fsp3) is 0.625. The maximum Gasteiger partial charge on any atom is 0.276 e. The van der Waals surface area contributed by atoms with Crippen LogP contribution in [0.3, 0.4) is 0 Å². The fourth-order valence-corrected chi connectivity index (χ4v) is 3.34. The van der Waals surface area contributed by atoms with Gasteiger partial charge in [0, 0.05) is 13.1 Å². The molecule has 1 aromatic carbocycles. The highest BCUT2D eigenvalue weighted by Gasteiger charge is 2.45. The van der Waals surface area contributed by atoms with Crippen molar-refractivity contribution in [1.82, 2.24) is 9.62 Å². The van der Waals surface area contributed by atoms with Crippen LogP contribution in [0.4, 0.5) is 8.78 Å². The molecule has 0 bridgehead atoms. The molecule has 2 atom stereocenters. The summed E-state index contributed by atoms with van der Waals surface area (Å²) in [5.41, 5.74) is 1.03. The van der Waals surface area contributed by atoms with Crippen molar-refractivity contribution in [3.8, 4) is 0 Å². The van der Waals surface area contributed by atoms with E-state index in [-0.39, 0.29) is 6.54 Å². The standard InChI is InChI=1S/C16H24F2N2OS/c1-15(2,3)22(21)19-14-9-10-20(12-16(14,17)18)11-13-7-5-4-6-8-13/h4-8,14,19H,9-12H2,1-3H3. The molecule has 2 rings (SSSR count). The summed E-state index contributed by atoms with van der Waals surface area (Å²) in [5, 5.41) is 0. The van der Waals surface area contributed by atoms with Crippen molar-refractivity contribution in [2.45, 2.75) is 50.4 Å². The molecule has 0 radical (unpaired) electrons. The molecule has 1 aliphatic heterocycles. The molecule has 1 aromatic rings. The molecule has 3 nitrogen and oxygen atoms in total. The topological polar surface area (TPSA) is 32.3 Å². The molecule has 2 unspecified atom stereocenters. The zero-order valence-electron chi connectivity index (χ0n) is 13.3. The molecular weight excluding hydrogens is 306 g/mol. The Bertz CT molecular complexity index is 517. The zero-order chi connectivity index (χ0) is 16.4. The molecule has 6 heteroatoms.